The normalized spacial score (nSPS) is 22.6. The Morgan fingerprint density at radius 2 is 2.05 bits per heavy atom. The first-order chi connectivity index (χ1) is 9.44. The third kappa shape index (κ3) is 1.85. The first-order valence-corrected chi connectivity index (χ1v) is 7.32. The van der Waals surface area contributed by atoms with Crippen LogP contribution in [0.25, 0.3) is 0 Å². The molecule has 1 atom stereocenters. The van der Waals surface area contributed by atoms with Crippen LogP contribution in [0.3, 0.4) is 0 Å². The van der Waals surface area contributed by atoms with Gasteiger partial charge < -0.3 is 9.84 Å². The van der Waals surface area contributed by atoms with Crippen molar-refractivity contribution in [1.29, 1.82) is 0 Å². The fraction of sp³-hybridized carbons (Fsp3) is 0.357. The number of aliphatic carboxylic acids is 1. The lowest BCUT2D eigenvalue weighted by molar-refractivity contribution is -0.156. The Morgan fingerprint density at radius 1 is 1.35 bits per heavy atom. The van der Waals surface area contributed by atoms with Gasteiger partial charge in [0, 0.05) is 3.57 Å². The first-order valence-electron chi connectivity index (χ1n) is 6.24. The van der Waals surface area contributed by atoms with Gasteiger partial charge in [0.1, 0.15) is 17.3 Å². The smallest absolute Gasteiger partial charge is 0.373 e. The van der Waals surface area contributed by atoms with Crippen molar-refractivity contribution in [2.45, 2.75) is 24.9 Å². The number of Topliss-reactive ketones (excluding diaryl/α,β-unsaturated/α-hetero) is 2. The van der Waals surface area contributed by atoms with E-state index < -0.39 is 29.1 Å². The number of hydrogen-bond donors (Lipinski definition) is 1. The maximum absolute atomic E-state index is 12.5. The molecule has 1 unspecified atom stereocenters. The number of carboxylic acids is 1. The number of ketones is 2. The van der Waals surface area contributed by atoms with Crippen molar-refractivity contribution in [2.75, 3.05) is 0 Å². The number of halogens is 1. The van der Waals surface area contributed by atoms with E-state index in [0.29, 0.717) is 24.2 Å². The summed E-state index contributed by atoms with van der Waals surface area (Å²) in [5, 5.41) is 8.94. The molecule has 1 aromatic rings. The van der Waals surface area contributed by atoms with E-state index in [0.717, 1.165) is 9.99 Å². The second-order valence-electron chi connectivity index (χ2n) is 5.13. The Morgan fingerprint density at radius 3 is 2.60 bits per heavy atom. The van der Waals surface area contributed by atoms with Gasteiger partial charge >= 0.3 is 5.97 Å². The summed E-state index contributed by atoms with van der Waals surface area (Å²) in [5.41, 5.74) is -0.660. The van der Waals surface area contributed by atoms with E-state index >= 15 is 0 Å². The van der Waals surface area contributed by atoms with Crippen molar-refractivity contribution >= 4 is 40.1 Å². The van der Waals surface area contributed by atoms with E-state index in [-0.39, 0.29) is 0 Å². The average Bonchev–Trinajstić information content (AvgIpc) is 2.35. The molecule has 3 rings (SSSR count). The van der Waals surface area contributed by atoms with Gasteiger partial charge in [-0.3, -0.25) is 9.59 Å². The number of fused-ring (bicyclic) bond motifs is 1. The molecule has 20 heavy (non-hydrogen) atoms. The van der Waals surface area contributed by atoms with Crippen LogP contribution in [-0.4, -0.2) is 28.2 Å². The molecule has 5 nitrogen and oxygen atoms in total. The predicted molar refractivity (Wildman–Crippen MR) is 76.8 cm³/mol. The van der Waals surface area contributed by atoms with Gasteiger partial charge in [0.05, 0.1) is 5.56 Å². The zero-order chi connectivity index (χ0) is 14.5. The Kier molecular flexibility index (Phi) is 3.07. The Bertz CT molecular complexity index is 632. The summed E-state index contributed by atoms with van der Waals surface area (Å²) >= 11 is 2.11. The molecule has 1 aliphatic carbocycles. The van der Waals surface area contributed by atoms with Crippen molar-refractivity contribution in [3.05, 3.63) is 27.3 Å². The van der Waals surface area contributed by atoms with Crippen LogP contribution >= 0.6 is 22.6 Å². The zero-order valence-corrected chi connectivity index (χ0v) is 12.5. The highest BCUT2D eigenvalue weighted by Gasteiger charge is 2.57. The lowest BCUT2D eigenvalue weighted by Gasteiger charge is -2.48. The predicted octanol–water partition coefficient (Wildman–Crippen LogP) is 2.06. The number of carbonyl (C=O) groups is 3. The molecule has 1 spiro atoms. The minimum absolute atomic E-state index is 0.294. The number of hydrogen-bond acceptors (Lipinski definition) is 4. The highest BCUT2D eigenvalue weighted by Crippen LogP contribution is 2.48. The van der Waals surface area contributed by atoms with Crippen molar-refractivity contribution in [1.82, 2.24) is 0 Å². The van der Waals surface area contributed by atoms with Gasteiger partial charge in [-0.05, 0) is 60.1 Å². The summed E-state index contributed by atoms with van der Waals surface area (Å²) in [5.74, 6) is -3.85. The highest BCUT2D eigenvalue weighted by atomic mass is 127. The monoisotopic (exact) mass is 386 g/mol. The molecular weight excluding hydrogens is 375 g/mol. The van der Waals surface area contributed by atoms with Crippen molar-refractivity contribution in [3.63, 3.8) is 0 Å². The van der Waals surface area contributed by atoms with Crippen LogP contribution < -0.4 is 4.74 Å². The average molecular weight is 386 g/mol. The van der Waals surface area contributed by atoms with Crippen LogP contribution in [-0.2, 0) is 9.59 Å². The molecule has 1 N–H and O–H groups in total. The van der Waals surface area contributed by atoms with E-state index in [2.05, 4.69) is 22.6 Å². The molecule has 0 amide bonds. The van der Waals surface area contributed by atoms with Gasteiger partial charge in [-0.25, -0.2) is 4.79 Å². The Balaban J connectivity index is 2.11. The largest absolute Gasteiger partial charge is 0.485 e. The quantitative estimate of drug-likeness (QED) is 0.478. The van der Waals surface area contributed by atoms with Crippen molar-refractivity contribution < 1.29 is 24.2 Å². The lowest BCUT2D eigenvalue weighted by Crippen LogP contribution is -2.59. The second-order valence-corrected chi connectivity index (χ2v) is 6.37. The van der Waals surface area contributed by atoms with Gasteiger partial charge in [0.2, 0.25) is 0 Å². The molecule has 0 bridgehead atoms. The van der Waals surface area contributed by atoms with Gasteiger partial charge in [0.15, 0.2) is 5.78 Å². The minimum atomic E-state index is -1.58. The van der Waals surface area contributed by atoms with Crippen LogP contribution in [0.4, 0.5) is 0 Å². The lowest BCUT2D eigenvalue weighted by atomic mass is 9.65. The fourth-order valence-corrected chi connectivity index (χ4v) is 3.32. The maximum atomic E-state index is 12.5. The summed E-state index contributed by atoms with van der Waals surface area (Å²) in [7, 11) is 0. The van der Waals surface area contributed by atoms with E-state index in [1.807, 2.05) is 0 Å². The van der Waals surface area contributed by atoms with Crippen LogP contribution in [0, 0.1) is 9.49 Å². The van der Waals surface area contributed by atoms with Crippen molar-refractivity contribution in [3.8, 4) is 5.75 Å². The van der Waals surface area contributed by atoms with Gasteiger partial charge in [-0.2, -0.15) is 0 Å². The SMILES string of the molecule is O=C(O)C(=O)C1C(=O)c2ccc(I)cc2OC12CCC2. The summed E-state index contributed by atoms with van der Waals surface area (Å²) < 4.78 is 6.80. The third-order valence-electron chi connectivity index (χ3n) is 3.98. The van der Waals surface area contributed by atoms with E-state index in [1.165, 1.54) is 0 Å². The Labute approximate surface area is 128 Å². The molecule has 0 aromatic heterocycles. The summed E-state index contributed by atoms with van der Waals surface area (Å²) in [6.07, 6.45) is 1.90. The molecule has 1 aromatic carbocycles. The summed E-state index contributed by atoms with van der Waals surface area (Å²) in [6, 6.07) is 5.07. The summed E-state index contributed by atoms with van der Waals surface area (Å²) in [6.45, 7) is 0. The number of benzene rings is 1. The van der Waals surface area contributed by atoms with Crippen LogP contribution in [0.1, 0.15) is 29.6 Å². The second kappa shape index (κ2) is 4.54. The van der Waals surface area contributed by atoms with E-state index in [1.54, 1.807) is 18.2 Å². The molecule has 1 saturated carbocycles. The fourth-order valence-electron chi connectivity index (χ4n) is 2.85. The molecule has 2 aliphatic rings. The highest BCUT2D eigenvalue weighted by molar-refractivity contribution is 14.1. The van der Waals surface area contributed by atoms with Gasteiger partial charge in [-0.1, -0.05) is 0 Å². The molecule has 0 saturated heterocycles. The van der Waals surface area contributed by atoms with Gasteiger partial charge in [0.25, 0.3) is 5.78 Å². The molecule has 104 valence electrons. The maximum Gasteiger partial charge on any atom is 0.373 e. The number of carbonyl (C=O) groups excluding carboxylic acids is 2. The molecule has 0 radical (unpaired) electrons. The van der Waals surface area contributed by atoms with E-state index in [9.17, 15) is 14.4 Å². The molecule has 6 heteroatoms. The topological polar surface area (TPSA) is 80.7 Å². The third-order valence-corrected chi connectivity index (χ3v) is 4.65. The minimum Gasteiger partial charge on any atom is -0.485 e. The summed E-state index contributed by atoms with van der Waals surface area (Å²) in [4.78, 5) is 35.4. The number of ether oxygens (including phenoxy) is 1. The van der Waals surface area contributed by atoms with Crippen molar-refractivity contribution in [2.24, 2.45) is 5.92 Å². The van der Waals surface area contributed by atoms with Gasteiger partial charge in [-0.15, -0.1) is 0 Å². The zero-order valence-electron chi connectivity index (χ0n) is 10.4. The van der Waals surface area contributed by atoms with Crippen LogP contribution in [0.5, 0.6) is 5.75 Å². The van der Waals surface area contributed by atoms with Crippen LogP contribution in [0.15, 0.2) is 18.2 Å². The molecule has 1 fully saturated rings. The number of carboxylic acid groups (broad SMARTS) is 1. The standard InChI is InChI=1S/C14H11IO5/c15-7-2-3-8-9(6-7)20-14(4-1-5-14)10(11(8)16)12(17)13(18)19/h2-3,6,10H,1,4-5H2,(H,18,19). The molecule has 1 aliphatic heterocycles. The van der Waals surface area contributed by atoms with E-state index in [4.69, 9.17) is 9.84 Å². The Hall–Kier alpha value is -1.44. The number of rotatable bonds is 2. The molecular formula is C14H11IO5. The molecule has 1 heterocycles. The van der Waals surface area contributed by atoms with Crippen LogP contribution in [0.2, 0.25) is 0 Å². The first kappa shape index (κ1) is 13.5.